The number of thiophene rings is 1. The fraction of sp³-hybridized carbons (Fsp3) is 0.696. The van der Waals surface area contributed by atoms with Crippen LogP contribution in [0.15, 0.2) is 6.33 Å². The van der Waals surface area contributed by atoms with Gasteiger partial charge in [-0.3, -0.25) is 9.59 Å². The first-order valence-electron chi connectivity index (χ1n) is 11.7. The van der Waals surface area contributed by atoms with Crippen LogP contribution in [0.25, 0.3) is 5.00 Å². The highest BCUT2D eigenvalue weighted by Crippen LogP contribution is 2.37. The van der Waals surface area contributed by atoms with Crippen molar-refractivity contribution in [2.75, 3.05) is 6.54 Å². The maximum absolute atomic E-state index is 13.2. The molecule has 1 amide bonds. The lowest BCUT2D eigenvalue weighted by molar-refractivity contribution is -0.300. The van der Waals surface area contributed by atoms with E-state index in [1.165, 1.54) is 11.2 Å². The minimum absolute atomic E-state index is 0.124. The van der Waals surface area contributed by atoms with E-state index in [0.717, 1.165) is 29.8 Å². The van der Waals surface area contributed by atoms with Gasteiger partial charge in [0.2, 0.25) is 0 Å². The first-order valence-corrected chi connectivity index (χ1v) is 12.6. The number of aryl methyl sites for hydroxylation is 1. The Hall–Kier alpha value is -2.37. The molecule has 2 atom stereocenters. The van der Waals surface area contributed by atoms with Gasteiger partial charge in [0.05, 0.1) is 24.2 Å². The van der Waals surface area contributed by atoms with Crippen molar-refractivity contribution < 1.29 is 23.8 Å². The van der Waals surface area contributed by atoms with Gasteiger partial charge in [-0.25, -0.2) is 0 Å². The summed E-state index contributed by atoms with van der Waals surface area (Å²) in [6, 6.07) is 0. The van der Waals surface area contributed by atoms with Crippen molar-refractivity contribution in [2.24, 2.45) is 0 Å². The van der Waals surface area contributed by atoms with Gasteiger partial charge in [0, 0.05) is 17.8 Å². The van der Waals surface area contributed by atoms with Gasteiger partial charge in [0.15, 0.2) is 5.79 Å². The highest BCUT2D eigenvalue weighted by molar-refractivity contribution is 7.15. The Kier molecular flexibility index (Phi) is 7.07. The van der Waals surface area contributed by atoms with Crippen LogP contribution in [0.1, 0.15) is 81.1 Å². The molecular formula is C23H33N5O5S. The summed E-state index contributed by atoms with van der Waals surface area (Å²) in [4.78, 5) is 26.7. The van der Waals surface area contributed by atoms with Crippen LogP contribution < -0.4 is 5.32 Å². The average molecular weight is 492 g/mol. The summed E-state index contributed by atoms with van der Waals surface area (Å²) < 4.78 is 19.0. The standard InChI is InChI=1S/C23H33N5O5S/c1-22(2,3)33-18(29)12-15-11-14(31-23(4,5)32-15)9-10-24-20(30)19-16-7-6-8-17(16)34-21(19)28-13-25-26-27-28/h13-15H,6-12H2,1-5H3,(H,24,30)/t14-,15-/m0/s1. The number of hydrogen-bond donors (Lipinski definition) is 1. The molecule has 2 aliphatic rings. The van der Waals surface area contributed by atoms with Crippen LogP contribution in [0.2, 0.25) is 0 Å². The zero-order valence-electron chi connectivity index (χ0n) is 20.4. The van der Waals surface area contributed by atoms with Crippen molar-refractivity contribution in [3.8, 4) is 5.00 Å². The van der Waals surface area contributed by atoms with Gasteiger partial charge in [-0.15, -0.1) is 16.4 Å². The zero-order valence-corrected chi connectivity index (χ0v) is 21.2. The molecule has 2 aromatic rings. The minimum Gasteiger partial charge on any atom is -0.460 e. The number of carbonyl (C=O) groups excluding carboxylic acids is 2. The molecule has 1 fully saturated rings. The molecule has 1 N–H and O–H groups in total. The topological polar surface area (TPSA) is 117 Å². The summed E-state index contributed by atoms with van der Waals surface area (Å²) in [6.07, 6.45) is 5.32. The molecule has 1 saturated heterocycles. The summed E-state index contributed by atoms with van der Waals surface area (Å²) >= 11 is 1.58. The predicted octanol–water partition coefficient (Wildman–Crippen LogP) is 2.97. The molecule has 0 bridgehead atoms. The molecule has 0 aromatic carbocycles. The molecule has 186 valence electrons. The molecule has 0 unspecified atom stereocenters. The van der Waals surface area contributed by atoms with Gasteiger partial charge in [-0.05, 0) is 76.3 Å². The second-order valence-corrected chi connectivity index (χ2v) is 11.3. The van der Waals surface area contributed by atoms with E-state index in [-0.39, 0.29) is 30.5 Å². The number of carbonyl (C=O) groups is 2. The van der Waals surface area contributed by atoms with E-state index in [2.05, 4.69) is 20.8 Å². The first kappa shape index (κ1) is 24.7. The van der Waals surface area contributed by atoms with E-state index in [1.54, 1.807) is 16.0 Å². The lowest BCUT2D eigenvalue weighted by atomic mass is 10.0. The van der Waals surface area contributed by atoms with E-state index in [4.69, 9.17) is 14.2 Å². The molecule has 1 aliphatic carbocycles. The lowest BCUT2D eigenvalue weighted by Crippen LogP contribution is -2.46. The summed E-state index contributed by atoms with van der Waals surface area (Å²) in [5, 5.41) is 15.2. The highest BCUT2D eigenvalue weighted by Gasteiger charge is 2.37. The molecule has 2 aromatic heterocycles. The third kappa shape index (κ3) is 6.00. The van der Waals surface area contributed by atoms with Crippen LogP contribution in [0.5, 0.6) is 0 Å². The maximum atomic E-state index is 13.2. The van der Waals surface area contributed by atoms with Crippen molar-refractivity contribution in [1.82, 2.24) is 25.5 Å². The normalized spacial score (nSPS) is 21.8. The number of hydrogen-bond acceptors (Lipinski definition) is 9. The minimum atomic E-state index is -0.818. The molecule has 10 nitrogen and oxygen atoms in total. The summed E-state index contributed by atoms with van der Waals surface area (Å²) in [5.41, 5.74) is 1.24. The van der Waals surface area contributed by atoms with E-state index < -0.39 is 11.4 Å². The maximum Gasteiger partial charge on any atom is 0.308 e. The predicted molar refractivity (Wildman–Crippen MR) is 125 cm³/mol. The number of rotatable bonds is 7. The van der Waals surface area contributed by atoms with Crippen molar-refractivity contribution in [3.05, 3.63) is 22.3 Å². The SMILES string of the molecule is CC(C)(C)OC(=O)C[C@@H]1C[C@H](CCNC(=O)c2c(-n3cnnn3)sc3c2CCC3)OC(C)(C)O1. The Balaban J connectivity index is 1.36. The summed E-state index contributed by atoms with van der Waals surface area (Å²) in [7, 11) is 0. The summed E-state index contributed by atoms with van der Waals surface area (Å²) in [5.74, 6) is -1.23. The highest BCUT2D eigenvalue weighted by atomic mass is 32.1. The second kappa shape index (κ2) is 9.71. The fourth-order valence-corrected chi connectivity index (χ4v) is 5.87. The monoisotopic (exact) mass is 491 g/mol. The molecule has 3 heterocycles. The van der Waals surface area contributed by atoms with Crippen LogP contribution >= 0.6 is 11.3 Å². The van der Waals surface area contributed by atoms with Gasteiger partial charge < -0.3 is 19.5 Å². The van der Waals surface area contributed by atoms with Crippen molar-refractivity contribution >= 4 is 23.2 Å². The Bertz CT molecular complexity index is 1030. The van der Waals surface area contributed by atoms with Gasteiger partial charge in [0.1, 0.15) is 16.9 Å². The van der Waals surface area contributed by atoms with Gasteiger partial charge in [-0.1, -0.05) is 0 Å². The van der Waals surface area contributed by atoms with Gasteiger partial charge >= 0.3 is 5.97 Å². The van der Waals surface area contributed by atoms with E-state index in [1.807, 2.05) is 34.6 Å². The second-order valence-electron chi connectivity index (χ2n) is 10.2. The molecule has 0 saturated carbocycles. The van der Waals surface area contributed by atoms with Crippen molar-refractivity contribution in [2.45, 2.75) is 96.7 Å². The Morgan fingerprint density at radius 3 is 2.74 bits per heavy atom. The van der Waals surface area contributed by atoms with Crippen LogP contribution in [-0.4, -0.2) is 62.2 Å². The van der Waals surface area contributed by atoms with E-state index in [9.17, 15) is 9.59 Å². The Morgan fingerprint density at radius 2 is 2.03 bits per heavy atom. The average Bonchev–Trinajstić information content (AvgIpc) is 3.41. The van der Waals surface area contributed by atoms with Gasteiger partial charge in [0.25, 0.3) is 5.91 Å². The Labute approximate surface area is 203 Å². The van der Waals surface area contributed by atoms with Crippen molar-refractivity contribution in [1.29, 1.82) is 0 Å². The van der Waals surface area contributed by atoms with E-state index >= 15 is 0 Å². The van der Waals surface area contributed by atoms with Crippen LogP contribution in [-0.2, 0) is 31.8 Å². The smallest absolute Gasteiger partial charge is 0.308 e. The van der Waals surface area contributed by atoms with Gasteiger partial charge in [-0.2, -0.15) is 4.68 Å². The first-order chi connectivity index (χ1) is 16.0. The quantitative estimate of drug-likeness (QED) is 0.588. The number of nitrogens with one attached hydrogen (secondary N) is 1. The number of nitrogens with zero attached hydrogens (tertiary/aromatic N) is 4. The number of ether oxygens (including phenoxy) is 3. The molecule has 0 spiro atoms. The van der Waals surface area contributed by atoms with Crippen LogP contribution in [0, 0.1) is 0 Å². The number of tetrazole rings is 1. The largest absolute Gasteiger partial charge is 0.460 e. The van der Waals surface area contributed by atoms with Crippen LogP contribution in [0.4, 0.5) is 0 Å². The number of amides is 1. The van der Waals surface area contributed by atoms with E-state index in [0.29, 0.717) is 24.9 Å². The number of aromatic nitrogens is 4. The lowest BCUT2D eigenvalue weighted by Gasteiger charge is -2.40. The molecule has 0 radical (unpaired) electrons. The number of esters is 1. The molecule has 4 rings (SSSR count). The number of fused-ring (bicyclic) bond motifs is 1. The fourth-order valence-electron chi connectivity index (χ4n) is 4.57. The Morgan fingerprint density at radius 1 is 1.26 bits per heavy atom. The molecule has 1 aliphatic heterocycles. The molecule has 11 heteroatoms. The summed E-state index contributed by atoms with van der Waals surface area (Å²) in [6.45, 7) is 9.66. The van der Waals surface area contributed by atoms with Crippen molar-refractivity contribution in [3.63, 3.8) is 0 Å². The zero-order chi connectivity index (χ0) is 24.5. The third-order valence-corrected chi connectivity index (χ3v) is 6.96. The van der Waals surface area contributed by atoms with Crippen LogP contribution in [0.3, 0.4) is 0 Å². The molecule has 34 heavy (non-hydrogen) atoms. The third-order valence-electron chi connectivity index (χ3n) is 5.68. The molecular weight excluding hydrogens is 458 g/mol.